The van der Waals surface area contributed by atoms with Crippen LogP contribution in [0.1, 0.15) is 52.9 Å². The third-order valence-corrected chi connectivity index (χ3v) is 3.91. The Bertz CT molecular complexity index is 331. The van der Waals surface area contributed by atoms with E-state index < -0.39 is 11.9 Å². The van der Waals surface area contributed by atoms with Crippen LogP contribution in [0, 0.1) is 5.92 Å². The molecule has 0 spiro atoms. The van der Waals surface area contributed by atoms with Crippen molar-refractivity contribution >= 4 is 12.0 Å². The van der Waals surface area contributed by atoms with Gasteiger partial charge in [-0.2, -0.15) is 0 Å². The molecule has 1 N–H and O–H groups in total. The van der Waals surface area contributed by atoms with E-state index in [1.54, 1.807) is 4.90 Å². The highest BCUT2D eigenvalue weighted by molar-refractivity contribution is 5.77. The summed E-state index contributed by atoms with van der Waals surface area (Å²) in [5.74, 6) is -1.19. The molecule has 1 heterocycles. The second-order valence-corrected chi connectivity index (χ2v) is 5.90. The van der Waals surface area contributed by atoms with Crippen molar-refractivity contribution in [2.24, 2.45) is 5.92 Å². The van der Waals surface area contributed by atoms with Crippen molar-refractivity contribution in [3.8, 4) is 0 Å². The molecule has 0 aromatic carbocycles. The minimum absolute atomic E-state index is 0.00190. The smallest absolute Gasteiger partial charge is 0.320 e. The zero-order valence-corrected chi connectivity index (χ0v) is 13.0. The van der Waals surface area contributed by atoms with Gasteiger partial charge in [-0.1, -0.05) is 19.8 Å². The lowest BCUT2D eigenvalue weighted by atomic mass is 9.98. The Morgan fingerprint density at radius 3 is 2.60 bits per heavy atom. The molecule has 0 bridgehead atoms. The Kier molecular flexibility index (Phi) is 6.82. The Balaban J connectivity index is 2.61. The fourth-order valence-corrected chi connectivity index (χ4v) is 2.64. The van der Waals surface area contributed by atoms with Crippen LogP contribution >= 0.6 is 0 Å². The lowest BCUT2D eigenvalue weighted by molar-refractivity contribution is -0.143. The number of hydrogen-bond donors (Lipinski definition) is 1. The van der Waals surface area contributed by atoms with Crippen LogP contribution < -0.4 is 0 Å². The second kappa shape index (κ2) is 8.12. The molecule has 2 amide bonds. The summed E-state index contributed by atoms with van der Waals surface area (Å²) in [7, 11) is 0. The van der Waals surface area contributed by atoms with Crippen LogP contribution in [-0.2, 0) is 4.79 Å². The first-order valence-electron chi connectivity index (χ1n) is 7.75. The van der Waals surface area contributed by atoms with Crippen LogP contribution in [-0.4, -0.2) is 52.6 Å². The van der Waals surface area contributed by atoms with E-state index in [-0.39, 0.29) is 12.1 Å². The second-order valence-electron chi connectivity index (χ2n) is 5.90. The molecule has 20 heavy (non-hydrogen) atoms. The van der Waals surface area contributed by atoms with Crippen LogP contribution in [0.2, 0.25) is 0 Å². The number of piperidine rings is 1. The number of rotatable bonds is 6. The van der Waals surface area contributed by atoms with Gasteiger partial charge in [0, 0.05) is 25.7 Å². The molecule has 0 aromatic heterocycles. The number of carboxylic acid groups (broad SMARTS) is 1. The van der Waals surface area contributed by atoms with Crippen molar-refractivity contribution in [1.29, 1.82) is 0 Å². The first-order valence-corrected chi connectivity index (χ1v) is 7.75. The largest absolute Gasteiger partial charge is 0.481 e. The average molecular weight is 284 g/mol. The number of carboxylic acids is 1. The van der Waals surface area contributed by atoms with Crippen molar-refractivity contribution in [3.05, 3.63) is 0 Å². The number of amides is 2. The average Bonchev–Trinajstić information content (AvgIpc) is 2.42. The molecule has 0 aromatic rings. The number of nitrogens with zero attached hydrogens (tertiary/aromatic N) is 2. The highest BCUT2D eigenvalue weighted by Crippen LogP contribution is 2.19. The summed E-state index contributed by atoms with van der Waals surface area (Å²) in [4.78, 5) is 27.2. The first-order chi connectivity index (χ1) is 9.47. The van der Waals surface area contributed by atoms with Crippen LogP contribution in [0.5, 0.6) is 0 Å². The number of aliphatic carboxylic acids is 1. The predicted molar refractivity (Wildman–Crippen MR) is 78.7 cm³/mol. The fourth-order valence-electron chi connectivity index (χ4n) is 2.64. The maximum absolute atomic E-state index is 12.6. The van der Waals surface area contributed by atoms with E-state index in [1.807, 2.05) is 18.7 Å². The molecular formula is C15H28N2O3. The Morgan fingerprint density at radius 2 is 2.05 bits per heavy atom. The van der Waals surface area contributed by atoms with Gasteiger partial charge in [0.05, 0.1) is 5.92 Å². The molecule has 5 nitrogen and oxygen atoms in total. The van der Waals surface area contributed by atoms with Crippen molar-refractivity contribution < 1.29 is 14.7 Å². The summed E-state index contributed by atoms with van der Waals surface area (Å²) < 4.78 is 0. The number of unbranched alkanes of at least 4 members (excludes halogenated alkanes) is 2. The van der Waals surface area contributed by atoms with E-state index in [1.165, 1.54) is 0 Å². The van der Waals surface area contributed by atoms with Gasteiger partial charge in [0.15, 0.2) is 0 Å². The lowest BCUT2D eigenvalue weighted by Gasteiger charge is -2.37. The molecular weight excluding hydrogens is 256 g/mol. The molecule has 1 rings (SSSR count). The summed E-state index contributed by atoms with van der Waals surface area (Å²) in [6.45, 7) is 7.97. The topological polar surface area (TPSA) is 60.9 Å². The Labute approximate surface area is 121 Å². The van der Waals surface area contributed by atoms with Gasteiger partial charge >= 0.3 is 12.0 Å². The van der Waals surface area contributed by atoms with Crippen LogP contribution in [0.4, 0.5) is 4.79 Å². The van der Waals surface area contributed by atoms with E-state index in [0.717, 1.165) is 32.2 Å². The van der Waals surface area contributed by atoms with Crippen molar-refractivity contribution in [2.75, 3.05) is 19.6 Å². The van der Waals surface area contributed by atoms with E-state index in [4.69, 9.17) is 5.11 Å². The third kappa shape index (κ3) is 4.69. The maximum Gasteiger partial charge on any atom is 0.320 e. The van der Waals surface area contributed by atoms with Gasteiger partial charge in [-0.25, -0.2) is 4.79 Å². The summed E-state index contributed by atoms with van der Waals surface area (Å²) in [5.41, 5.74) is 0. The van der Waals surface area contributed by atoms with Crippen LogP contribution in [0.25, 0.3) is 0 Å². The van der Waals surface area contributed by atoms with Crippen LogP contribution in [0.3, 0.4) is 0 Å². The molecule has 1 saturated heterocycles. The standard InChI is InChI=1S/C15H28N2O3/c1-4-5-6-10-17(12(2)3)15(20)16-9-7-8-13(11-16)14(18)19/h12-13H,4-11H2,1-3H3,(H,18,19)/t13-/m0/s1. The Hall–Kier alpha value is -1.26. The predicted octanol–water partition coefficient (Wildman–Crippen LogP) is 2.80. The molecule has 116 valence electrons. The minimum Gasteiger partial charge on any atom is -0.481 e. The summed E-state index contributed by atoms with van der Waals surface area (Å²) in [6, 6.07) is 0.159. The quantitative estimate of drug-likeness (QED) is 0.763. The molecule has 0 aliphatic carbocycles. The van der Waals surface area contributed by atoms with Crippen LogP contribution in [0.15, 0.2) is 0 Å². The SMILES string of the molecule is CCCCCN(C(=O)N1CCC[C@H](C(=O)O)C1)C(C)C. The zero-order valence-electron chi connectivity index (χ0n) is 13.0. The van der Waals surface area contributed by atoms with E-state index in [9.17, 15) is 9.59 Å². The highest BCUT2D eigenvalue weighted by atomic mass is 16.4. The first kappa shape index (κ1) is 16.8. The van der Waals surface area contributed by atoms with Gasteiger partial charge in [0.1, 0.15) is 0 Å². The molecule has 0 radical (unpaired) electrons. The normalized spacial score (nSPS) is 19.2. The van der Waals surface area contributed by atoms with Crippen molar-refractivity contribution in [2.45, 2.75) is 58.9 Å². The fraction of sp³-hybridized carbons (Fsp3) is 0.867. The molecule has 1 aliphatic heterocycles. The molecule has 1 atom stereocenters. The number of urea groups is 1. The Morgan fingerprint density at radius 1 is 1.35 bits per heavy atom. The minimum atomic E-state index is -0.787. The molecule has 5 heteroatoms. The molecule has 0 saturated carbocycles. The monoisotopic (exact) mass is 284 g/mol. The molecule has 0 unspecified atom stereocenters. The summed E-state index contributed by atoms with van der Waals surface area (Å²) in [6.07, 6.45) is 4.72. The summed E-state index contributed by atoms with van der Waals surface area (Å²) >= 11 is 0. The van der Waals surface area contributed by atoms with Gasteiger partial charge in [-0.05, 0) is 33.1 Å². The molecule has 1 aliphatic rings. The van der Waals surface area contributed by atoms with Gasteiger partial charge in [0.25, 0.3) is 0 Å². The van der Waals surface area contributed by atoms with E-state index in [0.29, 0.717) is 19.5 Å². The maximum atomic E-state index is 12.6. The van der Waals surface area contributed by atoms with Gasteiger partial charge in [-0.3, -0.25) is 4.79 Å². The number of likely N-dealkylation sites (tertiary alicyclic amines) is 1. The zero-order chi connectivity index (χ0) is 15.1. The highest BCUT2D eigenvalue weighted by Gasteiger charge is 2.31. The number of carbonyl (C=O) groups excluding carboxylic acids is 1. The van der Waals surface area contributed by atoms with Crippen molar-refractivity contribution in [3.63, 3.8) is 0 Å². The van der Waals surface area contributed by atoms with Crippen molar-refractivity contribution in [1.82, 2.24) is 9.80 Å². The molecule has 1 fully saturated rings. The number of hydrogen-bond acceptors (Lipinski definition) is 2. The summed E-state index contributed by atoms with van der Waals surface area (Å²) in [5, 5.41) is 9.11. The number of carbonyl (C=O) groups is 2. The van der Waals surface area contributed by atoms with E-state index >= 15 is 0 Å². The third-order valence-electron chi connectivity index (χ3n) is 3.91. The van der Waals surface area contributed by atoms with E-state index in [2.05, 4.69) is 6.92 Å². The van der Waals surface area contributed by atoms with Gasteiger partial charge < -0.3 is 14.9 Å². The van der Waals surface area contributed by atoms with Gasteiger partial charge in [0.2, 0.25) is 0 Å². The lowest BCUT2D eigenvalue weighted by Crippen LogP contribution is -2.51. The van der Waals surface area contributed by atoms with Gasteiger partial charge in [-0.15, -0.1) is 0 Å².